The van der Waals surface area contributed by atoms with E-state index < -0.39 is 12.0 Å². The Morgan fingerprint density at radius 1 is 1.29 bits per heavy atom. The minimum Gasteiger partial charge on any atom is -0.481 e. The maximum Gasteiger partial charge on any atom is 0.305 e. The molecule has 0 aliphatic carbocycles. The van der Waals surface area contributed by atoms with E-state index in [0.29, 0.717) is 5.69 Å². The summed E-state index contributed by atoms with van der Waals surface area (Å²) in [5.74, 6) is -1.11. The molecule has 1 amide bonds. The number of anilines is 1. The van der Waals surface area contributed by atoms with Crippen molar-refractivity contribution in [3.8, 4) is 0 Å². The standard InChI is InChI=1S/C16H24N2O3/c1-4-12(3)15(17)16(21)18(10-9-14(19)20)13-7-5-11(2)6-8-13/h5-8,12,15H,4,9-10,17H2,1-3H3,(H,19,20)/t12?,15-/m0/s1. The molecule has 0 saturated heterocycles. The lowest BCUT2D eigenvalue weighted by Gasteiger charge is -2.28. The number of hydrogen-bond donors (Lipinski definition) is 2. The number of nitrogens with zero attached hydrogens (tertiary/aromatic N) is 1. The lowest BCUT2D eigenvalue weighted by Crippen LogP contribution is -2.48. The van der Waals surface area contributed by atoms with E-state index in [1.54, 1.807) is 0 Å². The Bertz CT molecular complexity index is 485. The van der Waals surface area contributed by atoms with E-state index in [0.717, 1.165) is 12.0 Å². The largest absolute Gasteiger partial charge is 0.481 e. The van der Waals surface area contributed by atoms with E-state index in [1.807, 2.05) is 45.0 Å². The van der Waals surface area contributed by atoms with Gasteiger partial charge in [0.2, 0.25) is 5.91 Å². The Morgan fingerprint density at radius 3 is 2.33 bits per heavy atom. The summed E-state index contributed by atoms with van der Waals surface area (Å²) in [6, 6.07) is 6.80. The molecular weight excluding hydrogens is 268 g/mol. The predicted octanol–water partition coefficient (Wildman–Crippen LogP) is 2.18. The zero-order valence-corrected chi connectivity index (χ0v) is 12.9. The van der Waals surface area contributed by atoms with Crippen LogP contribution in [0, 0.1) is 12.8 Å². The van der Waals surface area contributed by atoms with Crippen LogP contribution in [0.3, 0.4) is 0 Å². The first-order valence-electron chi connectivity index (χ1n) is 7.22. The second kappa shape index (κ2) is 7.78. The Kier molecular flexibility index (Phi) is 6.37. The van der Waals surface area contributed by atoms with Crippen molar-refractivity contribution in [1.82, 2.24) is 0 Å². The van der Waals surface area contributed by atoms with Gasteiger partial charge in [0.05, 0.1) is 12.5 Å². The first-order chi connectivity index (χ1) is 9.86. The van der Waals surface area contributed by atoms with Crippen molar-refractivity contribution >= 4 is 17.6 Å². The van der Waals surface area contributed by atoms with Crippen molar-refractivity contribution in [3.05, 3.63) is 29.8 Å². The third kappa shape index (κ3) is 4.86. The highest BCUT2D eigenvalue weighted by molar-refractivity contribution is 5.97. The number of carboxylic acid groups (broad SMARTS) is 1. The number of aliphatic carboxylic acids is 1. The Hall–Kier alpha value is -1.88. The molecule has 1 rings (SSSR count). The van der Waals surface area contributed by atoms with Gasteiger partial charge in [-0.05, 0) is 25.0 Å². The van der Waals surface area contributed by atoms with Gasteiger partial charge in [-0.25, -0.2) is 0 Å². The van der Waals surface area contributed by atoms with Gasteiger partial charge in [0.15, 0.2) is 0 Å². The molecule has 3 N–H and O–H groups in total. The molecule has 0 saturated carbocycles. The smallest absolute Gasteiger partial charge is 0.305 e. The van der Waals surface area contributed by atoms with Crippen LogP contribution in [-0.4, -0.2) is 29.6 Å². The summed E-state index contributed by atoms with van der Waals surface area (Å²) in [5.41, 5.74) is 7.77. The van der Waals surface area contributed by atoms with Crippen LogP contribution in [0.5, 0.6) is 0 Å². The van der Waals surface area contributed by atoms with Crippen LogP contribution in [0.1, 0.15) is 32.3 Å². The first-order valence-corrected chi connectivity index (χ1v) is 7.22. The van der Waals surface area contributed by atoms with Gasteiger partial charge in [-0.3, -0.25) is 9.59 Å². The van der Waals surface area contributed by atoms with E-state index in [1.165, 1.54) is 4.90 Å². The minimum atomic E-state index is -0.933. The summed E-state index contributed by atoms with van der Waals surface area (Å²) < 4.78 is 0. The summed E-state index contributed by atoms with van der Waals surface area (Å²) in [6.45, 7) is 5.98. The topological polar surface area (TPSA) is 83.6 Å². The molecule has 0 radical (unpaired) electrons. The number of nitrogens with two attached hydrogens (primary N) is 1. The molecule has 5 nitrogen and oxygen atoms in total. The highest BCUT2D eigenvalue weighted by atomic mass is 16.4. The van der Waals surface area contributed by atoms with Crippen molar-refractivity contribution < 1.29 is 14.7 Å². The van der Waals surface area contributed by atoms with Crippen LogP contribution in [0.4, 0.5) is 5.69 Å². The fourth-order valence-corrected chi connectivity index (χ4v) is 1.98. The average molecular weight is 292 g/mol. The summed E-state index contributed by atoms with van der Waals surface area (Å²) in [5, 5.41) is 8.86. The summed E-state index contributed by atoms with van der Waals surface area (Å²) in [7, 11) is 0. The highest BCUT2D eigenvalue weighted by Gasteiger charge is 2.26. The fraction of sp³-hybridized carbons (Fsp3) is 0.500. The summed E-state index contributed by atoms with van der Waals surface area (Å²) in [4.78, 5) is 24.8. The fourth-order valence-electron chi connectivity index (χ4n) is 1.98. The van der Waals surface area contributed by atoms with E-state index in [4.69, 9.17) is 10.8 Å². The SMILES string of the molecule is CCC(C)[C@H](N)C(=O)N(CCC(=O)O)c1ccc(C)cc1. The van der Waals surface area contributed by atoms with Gasteiger partial charge in [0.25, 0.3) is 0 Å². The third-order valence-electron chi connectivity index (χ3n) is 3.70. The Balaban J connectivity index is 2.98. The van der Waals surface area contributed by atoms with Crippen LogP contribution < -0.4 is 10.6 Å². The molecule has 0 fully saturated rings. The van der Waals surface area contributed by atoms with Crippen molar-refractivity contribution in [2.45, 2.75) is 39.7 Å². The van der Waals surface area contributed by atoms with Crippen molar-refractivity contribution in [3.63, 3.8) is 0 Å². The number of amides is 1. The van der Waals surface area contributed by atoms with Crippen LogP contribution in [-0.2, 0) is 9.59 Å². The Morgan fingerprint density at radius 2 is 1.86 bits per heavy atom. The molecule has 0 aliphatic heterocycles. The van der Waals surface area contributed by atoms with Crippen LogP contribution in [0.25, 0.3) is 0 Å². The second-order valence-corrected chi connectivity index (χ2v) is 5.38. The predicted molar refractivity (Wildman–Crippen MR) is 83.2 cm³/mol. The molecule has 1 unspecified atom stereocenters. The molecular formula is C16H24N2O3. The molecule has 0 spiro atoms. The first kappa shape index (κ1) is 17.2. The van der Waals surface area contributed by atoms with Crippen molar-refractivity contribution in [2.24, 2.45) is 11.7 Å². The van der Waals surface area contributed by atoms with Gasteiger partial charge >= 0.3 is 5.97 Å². The highest BCUT2D eigenvalue weighted by Crippen LogP contribution is 2.19. The van der Waals surface area contributed by atoms with Gasteiger partial charge in [0.1, 0.15) is 0 Å². The van der Waals surface area contributed by atoms with Crippen LogP contribution in [0.15, 0.2) is 24.3 Å². The normalized spacial score (nSPS) is 13.5. The number of hydrogen-bond acceptors (Lipinski definition) is 3. The molecule has 21 heavy (non-hydrogen) atoms. The number of carboxylic acids is 1. The number of aryl methyl sites for hydroxylation is 1. The zero-order chi connectivity index (χ0) is 16.0. The molecule has 2 atom stereocenters. The van der Waals surface area contributed by atoms with Gasteiger partial charge in [-0.2, -0.15) is 0 Å². The van der Waals surface area contributed by atoms with Gasteiger partial charge in [-0.15, -0.1) is 0 Å². The lowest BCUT2D eigenvalue weighted by molar-refractivity contribution is -0.136. The second-order valence-electron chi connectivity index (χ2n) is 5.38. The minimum absolute atomic E-state index is 0.0512. The number of carbonyl (C=O) groups is 2. The van der Waals surface area contributed by atoms with Gasteiger partial charge in [-0.1, -0.05) is 38.0 Å². The maximum atomic E-state index is 12.5. The number of rotatable bonds is 7. The molecule has 1 aromatic carbocycles. The van der Waals surface area contributed by atoms with Crippen molar-refractivity contribution in [2.75, 3.05) is 11.4 Å². The molecule has 0 aliphatic rings. The van der Waals surface area contributed by atoms with Crippen LogP contribution >= 0.6 is 0 Å². The summed E-state index contributed by atoms with van der Waals surface area (Å²) >= 11 is 0. The molecule has 0 aromatic heterocycles. The van der Waals surface area contributed by atoms with Crippen molar-refractivity contribution in [1.29, 1.82) is 0 Å². The molecule has 1 aromatic rings. The molecule has 116 valence electrons. The average Bonchev–Trinajstić information content (AvgIpc) is 2.47. The van der Waals surface area contributed by atoms with Gasteiger partial charge in [0, 0.05) is 12.2 Å². The third-order valence-corrected chi connectivity index (χ3v) is 3.70. The quantitative estimate of drug-likeness (QED) is 0.806. The Labute approximate surface area is 125 Å². The zero-order valence-electron chi connectivity index (χ0n) is 12.9. The lowest BCUT2D eigenvalue weighted by atomic mass is 9.98. The van der Waals surface area contributed by atoms with E-state index in [-0.39, 0.29) is 24.8 Å². The van der Waals surface area contributed by atoms with Gasteiger partial charge < -0.3 is 15.7 Å². The number of benzene rings is 1. The molecule has 0 heterocycles. The maximum absolute atomic E-state index is 12.5. The van der Waals surface area contributed by atoms with Crippen LogP contribution in [0.2, 0.25) is 0 Å². The summed E-state index contributed by atoms with van der Waals surface area (Å²) in [6.07, 6.45) is 0.695. The molecule has 5 heteroatoms. The monoisotopic (exact) mass is 292 g/mol. The number of carbonyl (C=O) groups excluding carboxylic acids is 1. The van der Waals surface area contributed by atoms with E-state index in [9.17, 15) is 9.59 Å². The molecule has 0 bridgehead atoms. The van der Waals surface area contributed by atoms with E-state index >= 15 is 0 Å². The van der Waals surface area contributed by atoms with E-state index in [2.05, 4.69) is 0 Å².